The van der Waals surface area contributed by atoms with Gasteiger partial charge in [0.15, 0.2) is 0 Å². The highest BCUT2D eigenvalue weighted by atomic mass is 19.4. The van der Waals surface area contributed by atoms with Gasteiger partial charge in [-0.1, -0.05) is 6.07 Å². The van der Waals surface area contributed by atoms with Crippen LogP contribution < -0.4 is 4.74 Å². The molecule has 0 saturated carbocycles. The minimum absolute atomic E-state index is 0.0765. The molecule has 4 nitrogen and oxygen atoms in total. The summed E-state index contributed by atoms with van der Waals surface area (Å²) in [4.78, 5) is 0. The summed E-state index contributed by atoms with van der Waals surface area (Å²) in [5.74, 6) is -0.268. The Hall–Kier alpha value is -2.05. The summed E-state index contributed by atoms with van der Waals surface area (Å²) in [5, 5.41) is 6.81. The third kappa shape index (κ3) is 2.50. The van der Waals surface area contributed by atoms with Crippen LogP contribution in [0.1, 0.15) is 0 Å². The molecule has 1 aromatic heterocycles. The zero-order chi connectivity index (χ0) is 11.6. The highest BCUT2D eigenvalue weighted by Gasteiger charge is 2.31. The van der Waals surface area contributed by atoms with Gasteiger partial charge < -0.3 is 9.15 Å². The van der Waals surface area contributed by atoms with E-state index in [0.717, 1.165) is 6.07 Å². The van der Waals surface area contributed by atoms with Crippen molar-refractivity contribution in [3.63, 3.8) is 0 Å². The molecule has 0 bridgehead atoms. The first-order valence-corrected chi connectivity index (χ1v) is 4.10. The third-order valence-corrected chi connectivity index (χ3v) is 1.64. The topological polar surface area (TPSA) is 48.2 Å². The molecule has 0 aliphatic rings. The number of benzene rings is 1. The van der Waals surface area contributed by atoms with Gasteiger partial charge in [-0.25, -0.2) is 0 Å². The largest absolute Gasteiger partial charge is 0.573 e. The predicted molar refractivity (Wildman–Crippen MR) is 45.3 cm³/mol. The molecule has 83 valence electrons. The minimum atomic E-state index is -4.72. The van der Waals surface area contributed by atoms with Crippen LogP contribution in [-0.2, 0) is 0 Å². The van der Waals surface area contributed by atoms with Crippen LogP contribution in [0.4, 0.5) is 13.2 Å². The Morgan fingerprint density at radius 2 is 2.12 bits per heavy atom. The number of nitrogens with zero attached hydrogens (tertiary/aromatic N) is 2. The maximum Gasteiger partial charge on any atom is 0.573 e. The van der Waals surface area contributed by atoms with Gasteiger partial charge in [0.05, 0.1) is 0 Å². The third-order valence-electron chi connectivity index (χ3n) is 1.64. The van der Waals surface area contributed by atoms with E-state index >= 15 is 0 Å². The quantitative estimate of drug-likeness (QED) is 0.793. The first-order chi connectivity index (χ1) is 7.54. The van der Waals surface area contributed by atoms with E-state index in [-0.39, 0.29) is 11.6 Å². The van der Waals surface area contributed by atoms with Crippen molar-refractivity contribution in [3.8, 4) is 17.2 Å². The zero-order valence-corrected chi connectivity index (χ0v) is 7.65. The zero-order valence-electron chi connectivity index (χ0n) is 7.65. The molecule has 0 aliphatic heterocycles. The van der Waals surface area contributed by atoms with Gasteiger partial charge in [0.25, 0.3) is 0 Å². The fourth-order valence-electron chi connectivity index (χ4n) is 1.09. The van der Waals surface area contributed by atoms with E-state index in [2.05, 4.69) is 21.3 Å². The van der Waals surface area contributed by atoms with E-state index in [1.807, 2.05) is 0 Å². The number of aromatic nitrogens is 2. The number of rotatable bonds is 2. The maximum atomic E-state index is 11.9. The molecule has 1 heterocycles. The molecule has 1 radical (unpaired) electrons. The standard InChI is InChI=1S/C9H4F3N2O2/c10-9(11,12)16-7-3-1-2-6(4-7)8-14-13-5-15-8/h1-4H. The molecule has 0 unspecified atom stereocenters. The van der Waals surface area contributed by atoms with Crippen LogP contribution in [0.15, 0.2) is 28.7 Å². The monoisotopic (exact) mass is 229 g/mol. The van der Waals surface area contributed by atoms with Crippen molar-refractivity contribution in [2.24, 2.45) is 0 Å². The van der Waals surface area contributed by atoms with Crippen LogP contribution in [0.3, 0.4) is 0 Å². The van der Waals surface area contributed by atoms with Crippen LogP contribution in [0, 0.1) is 6.39 Å². The average molecular weight is 229 g/mol. The molecule has 16 heavy (non-hydrogen) atoms. The van der Waals surface area contributed by atoms with Crippen LogP contribution in [0.25, 0.3) is 11.5 Å². The summed E-state index contributed by atoms with van der Waals surface area (Å²) in [6, 6.07) is 5.23. The van der Waals surface area contributed by atoms with E-state index in [1.54, 1.807) is 0 Å². The van der Waals surface area contributed by atoms with E-state index in [1.165, 1.54) is 18.2 Å². The second-order valence-electron chi connectivity index (χ2n) is 2.77. The second kappa shape index (κ2) is 3.84. The molecule has 0 amide bonds. The Morgan fingerprint density at radius 1 is 1.31 bits per heavy atom. The van der Waals surface area contributed by atoms with Crippen molar-refractivity contribution in [2.75, 3.05) is 0 Å². The van der Waals surface area contributed by atoms with Crippen molar-refractivity contribution in [3.05, 3.63) is 30.7 Å². The number of hydrogen-bond acceptors (Lipinski definition) is 4. The summed E-state index contributed by atoms with van der Waals surface area (Å²) in [6.07, 6.45) is -2.63. The highest BCUT2D eigenvalue weighted by Crippen LogP contribution is 2.26. The molecule has 0 spiro atoms. The van der Waals surface area contributed by atoms with Gasteiger partial charge in [0.1, 0.15) is 5.75 Å². The van der Waals surface area contributed by atoms with Crippen LogP contribution in [0.5, 0.6) is 5.75 Å². The SMILES string of the molecule is FC(F)(F)Oc1cccc(-c2nn[c]o2)c1. The van der Waals surface area contributed by atoms with Crippen molar-refractivity contribution in [1.29, 1.82) is 0 Å². The summed E-state index contributed by atoms with van der Waals surface area (Å²) < 4.78 is 44.3. The van der Waals surface area contributed by atoms with Crippen LogP contribution in [-0.4, -0.2) is 16.6 Å². The smallest absolute Gasteiger partial charge is 0.412 e. The Labute approximate surface area is 87.7 Å². The lowest BCUT2D eigenvalue weighted by Gasteiger charge is -2.08. The highest BCUT2D eigenvalue weighted by molar-refractivity contribution is 5.55. The van der Waals surface area contributed by atoms with Crippen molar-refractivity contribution < 1.29 is 22.3 Å². The van der Waals surface area contributed by atoms with Gasteiger partial charge in [-0.3, -0.25) is 0 Å². The molecule has 2 rings (SSSR count). The Kier molecular flexibility index (Phi) is 2.51. The van der Waals surface area contributed by atoms with E-state index in [0.29, 0.717) is 5.56 Å². The fraction of sp³-hybridized carbons (Fsp3) is 0.111. The summed E-state index contributed by atoms with van der Waals surface area (Å²) in [6.45, 7) is 0. The molecule has 0 fully saturated rings. The Morgan fingerprint density at radius 3 is 2.75 bits per heavy atom. The molecule has 0 saturated heterocycles. The van der Waals surface area contributed by atoms with Crippen LogP contribution in [0.2, 0.25) is 0 Å². The van der Waals surface area contributed by atoms with Gasteiger partial charge in [-0.15, -0.1) is 23.4 Å². The first-order valence-electron chi connectivity index (χ1n) is 4.10. The second-order valence-corrected chi connectivity index (χ2v) is 2.77. The van der Waals surface area contributed by atoms with Gasteiger partial charge in [0, 0.05) is 5.56 Å². The van der Waals surface area contributed by atoms with Gasteiger partial charge in [0.2, 0.25) is 5.89 Å². The van der Waals surface area contributed by atoms with E-state index in [4.69, 9.17) is 4.42 Å². The molecule has 1 aromatic carbocycles. The number of alkyl halides is 3. The molecule has 0 N–H and O–H groups in total. The van der Waals surface area contributed by atoms with E-state index in [9.17, 15) is 13.2 Å². The lowest BCUT2D eigenvalue weighted by molar-refractivity contribution is -0.274. The fourth-order valence-corrected chi connectivity index (χ4v) is 1.09. The lowest BCUT2D eigenvalue weighted by atomic mass is 10.2. The average Bonchev–Trinajstić information content (AvgIpc) is 2.68. The van der Waals surface area contributed by atoms with Crippen LogP contribution >= 0.6 is 0 Å². The van der Waals surface area contributed by atoms with Crippen molar-refractivity contribution in [1.82, 2.24) is 10.2 Å². The van der Waals surface area contributed by atoms with Gasteiger partial charge >= 0.3 is 12.8 Å². The van der Waals surface area contributed by atoms with Crippen molar-refractivity contribution >= 4 is 0 Å². The number of halogens is 3. The predicted octanol–water partition coefficient (Wildman–Crippen LogP) is 2.44. The van der Waals surface area contributed by atoms with E-state index < -0.39 is 6.36 Å². The molecule has 7 heteroatoms. The Balaban J connectivity index is 2.27. The number of hydrogen-bond donors (Lipinski definition) is 0. The maximum absolute atomic E-state index is 11.9. The molecule has 0 atom stereocenters. The molecule has 2 aromatic rings. The lowest BCUT2D eigenvalue weighted by Crippen LogP contribution is -2.17. The Bertz CT molecular complexity index is 468. The van der Waals surface area contributed by atoms with Crippen molar-refractivity contribution in [2.45, 2.75) is 6.36 Å². The molecule has 0 aliphatic carbocycles. The summed E-state index contributed by atoms with van der Waals surface area (Å²) >= 11 is 0. The molecular formula is C9H4F3N2O2. The molecular weight excluding hydrogens is 225 g/mol. The minimum Gasteiger partial charge on any atom is -0.412 e. The number of ether oxygens (including phenoxy) is 1. The summed E-state index contributed by atoms with van der Waals surface area (Å²) in [7, 11) is 0. The summed E-state index contributed by atoms with van der Waals surface area (Å²) in [5.41, 5.74) is 0.329. The normalized spacial score (nSPS) is 11.4. The van der Waals surface area contributed by atoms with Gasteiger partial charge in [-0.05, 0) is 18.2 Å². The van der Waals surface area contributed by atoms with Gasteiger partial charge in [-0.2, -0.15) is 0 Å². The first kappa shape index (κ1) is 10.5.